The fourth-order valence-electron chi connectivity index (χ4n) is 2.24. The van der Waals surface area contributed by atoms with Crippen LogP contribution in [0.2, 0.25) is 0 Å². The van der Waals surface area contributed by atoms with Crippen molar-refractivity contribution in [3.05, 3.63) is 0 Å². The van der Waals surface area contributed by atoms with Crippen LogP contribution in [0.1, 0.15) is 41.0 Å². The van der Waals surface area contributed by atoms with Crippen molar-refractivity contribution in [3.63, 3.8) is 0 Å². The molecular formula is C14H29NO5. The molecule has 0 radical (unpaired) electrons. The summed E-state index contributed by atoms with van der Waals surface area (Å²) in [5, 5.41) is 20.0. The molecule has 0 aromatic carbocycles. The fourth-order valence-corrected chi connectivity index (χ4v) is 2.24. The van der Waals surface area contributed by atoms with Crippen LogP contribution in [0.15, 0.2) is 0 Å². The highest BCUT2D eigenvalue weighted by Gasteiger charge is 2.38. The van der Waals surface area contributed by atoms with Crippen LogP contribution in [0.25, 0.3) is 0 Å². The first-order chi connectivity index (χ1) is 9.07. The van der Waals surface area contributed by atoms with Gasteiger partial charge in [0.2, 0.25) is 0 Å². The minimum absolute atomic E-state index is 0.126. The minimum Gasteiger partial charge on any atom is -0.390 e. The number of hydrogen-bond donors (Lipinski definition) is 3. The third-order valence-electron chi connectivity index (χ3n) is 3.63. The standard InChI is InChI=1S/C14H29NO5/c1-9(11(16)7-15)19-13(2,3)12(17)6-10-8-18-14(4,5)20-10/h9-12,16-17H,6-8,15H2,1-5H3/t9-,10-,11-,12?/m0/s1. The number of aliphatic hydroxyl groups is 2. The Bertz CT molecular complexity index is 308. The minimum atomic E-state index is -0.800. The summed E-state index contributed by atoms with van der Waals surface area (Å²) < 4.78 is 16.9. The Hall–Kier alpha value is -0.240. The molecule has 1 fully saturated rings. The van der Waals surface area contributed by atoms with Crippen LogP contribution in [0.3, 0.4) is 0 Å². The van der Waals surface area contributed by atoms with Crippen LogP contribution in [0.4, 0.5) is 0 Å². The number of aliphatic hydroxyl groups excluding tert-OH is 2. The second-order valence-corrected chi connectivity index (χ2v) is 6.43. The molecule has 4 N–H and O–H groups in total. The van der Waals surface area contributed by atoms with Crippen molar-refractivity contribution in [1.29, 1.82) is 0 Å². The molecule has 0 spiro atoms. The largest absolute Gasteiger partial charge is 0.390 e. The maximum Gasteiger partial charge on any atom is 0.163 e. The lowest BCUT2D eigenvalue weighted by molar-refractivity contribution is -0.172. The van der Waals surface area contributed by atoms with Gasteiger partial charge in [-0.25, -0.2) is 0 Å². The topological polar surface area (TPSA) is 94.2 Å². The van der Waals surface area contributed by atoms with Crippen LogP contribution in [0.5, 0.6) is 0 Å². The van der Waals surface area contributed by atoms with E-state index < -0.39 is 29.7 Å². The molecule has 0 saturated carbocycles. The molecule has 4 atom stereocenters. The first-order valence-electron chi connectivity index (χ1n) is 7.13. The molecule has 120 valence electrons. The van der Waals surface area contributed by atoms with E-state index in [4.69, 9.17) is 19.9 Å². The van der Waals surface area contributed by atoms with Gasteiger partial charge in [0.05, 0.1) is 36.6 Å². The maximum absolute atomic E-state index is 10.3. The number of ether oxygens (including phenoxy) is 3. The Kier molecular flexibility index (Phi) is 5.95. The molecule has 6 nitrogen and oxygen atoms in total. The summed E-state index contributed by atoms with van der Waals surface area (Å²) >= 11 is 0. The summed E-state index contributed by atoms with van der Waals surface area (Å²) in [6, 6.07) is 0. The predicted molar refractivity (Wildman–Crippen MR) is 75.2 cm³/mol. The number of hydrogen-bond acceptors (Lipinski definition) is 6. The van der Waals surface area contributed by atoms with E-state index in [2.05, 4.69) is 0 Å². The molecule has 1 rings (SSSR count). The quantitative estimate of drug-likeness (QED) is 0.628. The normalized spacial score (nSPS) is 27.3. The lowest BCUT2D eigenvalue weighted by Gasteiger charge is -2.35. The lowest BCUT2D eigenvalue weighted by Crippen LogP contribution is -2.47. The van der Waals surface area contributed by atoms with Crippen molar-refractivity contribution in [2.24, 2.45) is 5.73 Å². The van der Waals surface area contributed by atoms with Gasteiger partial charge in [-0.05, 0) is 34.6 Å². The van der Waals surface area contributed by atoms with E-state index >= 15 is 0 Å². The molecule has 1 aliphatic heterocycles. The zero-order valence-corrected chi connectivity index (χ0v) is 13.1. The fraction of sp³-hybridized carbons (Fsp3) is 1.00. The first kappa shape index (κ1) is 17.8. The summed E-state index contributed by atoms with van der Waals surface area (Å²) in [6.45, 7) is 9.60. The van der Waals surface area contributed by atoms with Crippen LogP contribution in [-0.2, 0) is 14.2 Å². The van der Waals surface area contributed by atoms with Gasteiger partial charge in [-0.1, -0.05) is 0 Å². The molecule has 1 heterocycles. The highest BCUT2D eigenvalue weighted by molar-refractivity contribution is 4.85. The third-order valence-corrected chi connectivity index (χ3v) is 3.63. The summed E-state index contributed by atoms with van der Waals surface area (Å²) in [5.41, 5.74) is 4.60. The van der Waals surface area contributed by atoms with E-state index in [1.54, 1.807) is 20.8 Å². The zero-order valence-electron chi connectivity index (χ0n) is 13.1. The second kappa shape index (κ2) is 6.68. The monoisotopic (exact) mass is 291 g/mol. The second-order valence-electron chi connectivity index (χ2n) is 6.43. The Morgan fingerprint density at radius 2 is 2.00 bits per heavy atom. The van der Waals surface area contributed by atoms with Gasteiger partial charge in [0.15, 0.2) is 5.79 Å². The predicted octanol–water partition coefficient (Wildman–Crippen LogP) is 0.392. The van der Waals surface area contributed by atoms with Crippen LogP contribution in [0, 0.1) is 0 Å². The third kappa shape index (κ3) is 4.95. The van der Waals surface area contributed by atoms with Crippen molar-refractivity contribution in [3.8, 4) is 0 Å². The molecule has 0 aromatic rings. The van der Waals surface area contributed by atoms with Crippen molar-refractivity contribution in [2.45, 2.75) is 76.8 Å². The molecule has 0 amide bonds. The molecule has 1 aliphatic rings. The SMILES string of the molecule is C[C@H](OC(C)(C)C(O)C[C@H]1COC(C)(C)O1)[C@@H](O)CN. The van der Waals surface area contributed by atoms with Gasteiger partial charge in [0.1, 0.15) is 0 Å². The summed E-state index contributed by atoms with van der Waals surface area (Å²) in [7, 11) is 0. The van der Waals surface area contributed by atoms with Gasteiger partial charge in [-0.3, -0.25) is 0 Å². The van der Waals surface area contributed by atoms with Gasteiger partial charge < -0.3 is 30.2 Å². The molecule has 0 bridgehead atoms. The first-order valence-corrected chi connectivity index (χ1v) is 7.13. The van der Waals surface area contributed by atoms with Gasteiger partial charge in [-0.2, -0.15) is 0 Å². The molecule has 20 heavy (non-hydrogen) atoms. The van der Waals surface area contributed by atoms with Crippen molar-refractivity contribution >= 4 is 0 Å². The smallest absolute Gasteiger partial charge is 0.163 e. The van der Waals surface area contributed by atoms with Gasteiger partial charge in [0.25, 0.3) is 0 Å². The molecule has 1 unspecified atom stereocenters. The molecular weight excluding hydrogens is 262 g/mol. The van der Waals surface area contributed by atoms with Crippen LogP contribution >= 0.6 is 0 Å². The van der Waals surface area contributed by atoms with E-state index in [9.17, 15) is 10.2 Å². The maximum atomic E-state index is 10.3. The summed E-state index contributed by atoms with van der Waals surface area (Å²) in [6.07, 6.45) is -1.65. The average Bonchev–Trinajstić information content (AvgIpc) is 2.66. The van der Waals surface area contributed by atoms with Gasteiger partial charge in [0, 0.05) is 13.0 Å². The van der Waals surface area contributed by atoms with Crippen molar-refractivity contribution in [2.75, 3.05) is 13.2 Å². The van der Waals surface area contributed by atoms with Crippen molar-refractivity contribution < 1.29 is 24.4 Å². The molecule has 0 aliphatic carbocycles. The number of nitrogens with two attached hydrogens (primary N) is 1. The Morgan fingerprint density at radius 3 is 2.45 bits per heavy atom. The van der Waals surface area contributed by atoms with Crippen LogP contribution in [-0.4, -0.2) is 59.2 Å². The molecule has 6 heteroatoms. The van der Waals surface area contributed by atoms with Gasteiger partial charge >= 0.3 is 0 Å². The van der Waals surface area contributed by atoms with Gasteiger partial charge in [-0.15, -0.1) is 0 Å². The number of rotatable bonds is 7. The van der Waals surface area contributed by atoms with E-state index in [1.807, 2.05) is 13.8 Å². The summed E-state index contributed by atoms with van der Waals surface area (Å²) in [4.78, 5) is 0. The lowest BCUT2D eigenvalue weighted by atomic mass is 9.95. The van der Waals surface area contributed by atoms with Crippen LogP contribution < -0.4 is 5.73 Å². The average molecular weight is 291 g/mol. The van der Waals surface area contributed by atoms with E-state index in [0.717, 1.165) is 0 Å². The Morgan fingerprint density at radius 1 is 1.40 bits per heavy atom. The van der Waals surface area contributed by atoms with E-state index in [0.29, 0.717) is 13.0 Å². The molecule has 1 saturated heterocycles. The van der Waals surface area contributed by atoms with E-state index in [1.165, 1.54) is 0 Å². The van der Waals surface area contributed by atoms with Crippen molar-refractivity contribution in [1.82, 2.24) is 0 Å². The zero-order chi connectivity index (χ0) is 15.6. The Balaban J connectivity index is 2.50. The highest BCUT2D eigenvalue weighted by atomic mass is 16.7. The summed E-state index contributed by atoms with van der Waals surface area (Å²) in [5.74, 6) is -0.599. The Labute approximate surface area is 121 Å². The highest BCUT2D eigenvalue weighted by Crippen LogP contribution is 2.28. The molecule has 0 aromatic heterocycles. The van der Waals surface area contributed by atoms with E-state index in [-0.39, 0.29) is 12.6 Å².